The van der Waals surface area contributed by atoms with Crippen LogP contribution in [0, 0.1) is 0 Å². The average Bonchev–Trinajstić information content (AvgIpc) is 2.66. The number of Topliss-reactive ketones (excluding diaryl/α,β-unsaturated/α-hetero) is 1. The van der Waals surface area contributed by atoms with E-state index in [1.165, 1.54) is 38.5 Å². The molecule has 1 aromatic rings. The Balaban J connectivity index is 2.26. The van der Waals surface area contributed by atoms with Gasteiger partial charge in [-0.05, 0) is 38.0 Å². The van der Waals surface area contributed by atoms with Crippen LogP contribution in [0.5, 0.6) is 0 Å². The van der Waals surface area contributed by atoms with Crippen molar-refractivity contribution in [3.05, 3.63) is 28.2 Å². The second kappa shape index (κ2) is 6.56. The van der Waals surface area contributed by atoms with Crippen molar-refractivity contribution in [2.75, 3.05) is 11.9 Å². The quantitative estimate of drug-likeness (QED) is 0.587. The summed E-state index contributed by atoms with van der Waals surface area (Å²) in [6.45, 7) is 1.65. The number of halogens is 1. The molecule has 1 aromatic carbocycles. The number of carbonyl (C=O) groups is 1. The third-order valence-corrected chi connectivity index (χ3v) is 4.58. The molecule has 104 valence electrons. The monoisotopic (exact) mass is 323 g/mol. The maximum atomic E-state index is 11.8. The van der Waals surface area contributed by atoms with Gasteiger partial charge in [-0.1, -0.05) is 41.6 Å². The number of hydrogen-bond acceptors (Lipinski definition) is 2. The summed E-state index contributed by atoms with van der Waals surface area (Å²) in [6.07, 6.45) is 7.80. The van der Waals surface area contributed by atoms with Crippen molar-refractivity contribution in [2.24, 2.45) is 0 Å². The van der Waals surface area contributed by atoms with Crippen molar-refractivity contribution < 1.29 is 4.79 Å². The van der Waals surface area contributed by atoms with Gasteiger partial charge in [0, 0.05) is 28.8 Å². The molecule has 0 spiro atoms. The minimum absolute atomic E-state index is 0.136. The zero-order valence-corrected chi connectivity index (χ0v) is 13.4. The van der Waals surface area contributed by atoms with Gasteiger partial charge in [0.25, 0.3) is 0 Å². The zero-order chi connectivity index (χ0) is 13.8. The minimum Gasteiger partial charge on any atom is -0.371 e. The van der Waals surface area contributed by atoms with E-state index in [1.54, 1.807) is 6.92 Å². The fraction of sp³-hybridized carbons (Fsp3) is 0.562. The van der Waals surface area contributed by atoms with Gasteiger partial charge in [0.1, 0.15) is 0 Å². The minimum atomic E-state index is 0.136. The van der Waals surface area contributed by atoms with Crippen molar-refractivity contribution >= 4 is 27.4 Å². The molecule has 0 bridgehead atoms. The molecule has 0 aliphatic heterocycles. The first kappa shape index (κ1) is 14.6. The van der Waals surface area contributed by atoms with Gasteiger partial charge in [-0.2, -0.15) is 0 Å². The zero-order valence-electron chi connectivity index (χ0n) is 11.8. The second-order valence-electron chi connectivity index (χ2n) is 5.47. The molecule has 19 heavy (non-hydrogen) atoms. The van der Waals surface area contributed by atoms with Gasteiger partial charge in [0.2, 0.25) is 0 Å². The van der Waals surface area contributed by atoms with Gasteiger partial charge in [0.05, 0.1) is 0 Å². The standard InChI is InChI=1S/C16H22BrNO/c1-12(19)15-11-13(17)9-10-16(15)18(2)14-7-5-3-4-6-8-14/h9-11,14H,3-8H2,1-2H3. The number of anilines is 1. The summed E-state index contributed by atoms with van der Waals surface area (Å²) in [5, 5.41) is 0. The average molecular weight is 324 g/mol. The highest BCUT2D eigenvalue weighted by molar-refractivity contribution is 9.10. The van der Waals surface area contributed by atoms with E-state index in [-0.39, 0.29) is 5.78 Å². The van der Waals surface area contributed by atoms with Gasteiger partial charge in [-0.25, -0.2) is 0 Å². The molecule has 0 radical (unpaired) electrons. The fourth-order valence-electron chi connectivity index (χ4n) is 2.94. The van der Waals surface area contributed by atoms with E-state index in [2.05, 4.69) is 33.9 Å². The summed E-state index contributed by atoms with van der Waals surface area (Å²) >= 11 is 3.45. The summed E-state index contributed by atoms with van der Waals surface area (Å²) in [5.74, 6) is 0.136. The van der Waals surface area contributed by atoms with Gasteiger partial charge >= 0.3 is 0 Å². The SMILES string of the molecule is CC(=O)c1cc(Br)ccc1N(C)C1CCCCCC1. The molecule has 3 heteroatoms. The summed E-state index contributed by atoms with van der Waals surface area (Å²) in [7, 11) is 2.13. The Labute approximate surface area is 124 Å². The lowest BCUT2D eigenvalue weighted by Crippen LogP contribution is -2.32. The van der Waals surface area contributed by atoms with Crippen molar-refractivity contribution in [3.8, 4) is 0 Å². The Kier molecular flexibility index (Phi) is 5.03. The first-order chi connectivity index (χ1) is 9.09. The first-order valence-electron chi connectivity index (χ1n) is 7.13. The van der Waals surface area contributed by atoms with Crippen LogP contribution in [-0.4, -0.2) is 18.9 Å². The third-order valence-electron chi connectivity index (χ3n) is 4.09. The molecule has 0 N–H and O–H groups in total. The smallest absolute Gasteiger partial charge is 0.161 e. The van der Waals surface area contributed by atoms with Crippen LogP contribution in [0.15, 0.2) is 22.7 Å². The second-order valence-corrected chi connectivity index (χ2v) is 6.39. The van der Waals surface area contributed by atoms with Gasteiger partial charge in [-0.3, -0.25) is 4.79 Å². The number of nitrogens with zero attached hydrogens (tertiary/aromatic N) is 1. The summed E-state index contributed by atoms with van der Waals surface area (Å²) in [4.78, 5) is 14.1. The van der Waals surface area contributed by atoms with Crippen LogP contribution in [0.25, 0.3) is 0 Å². The Morgan fingerprint density at radius 1 is 1.21 bits per heavy atom. The van der Waals surface area contributed by atoms with E-state index in [1.807, 2.05) is 12.1 Å². The number of carbonyl (C=O) groups excluding carboxylic acids is 1. The van der Waals surface area contributed by atoms with Crippen molar-refractivity contribution in [2.45, 2.75) is 51.5 Å². The van der Waals surface area contributed by atoms with Gasteiger partial charge < -0.3 is 4.90 Å². The van der Waals surface area contributed by atoms with E-state index in [4.69, 9.17) is 0 Å². The van der Waals surface area contributed by atoms with E-state index in [9.17, 15) is 4.79 Å². The van der Waals surface area contributed by atoms with Crippen molar-refractivity contribution in [3.63, 3.8) is 0 Å². The lowest BCUT2D eigenvalue weighted by molar-refractivity contribution is 0.101. The molecule has 1 fully saturated rings. The molecular weight excluding hydrogens is 302 g/mol. The van der Waals surface area contributed by atoms with E-state index >= 15 is 0 Å². The van der Waals surface area contributed by atoms with Crippen LogP contribution in [0.4, 0.5) is 5.69 Å². The highest BCUT2D eigenvalue weighted by Gasteiger charge is 2.20. The highest BCUT2D eigenvalue weighted by atomic mass is 79.9. The van der Waals surface area contributed by atoms with Crippen LogP contribution in [-0.2, 0) is 0 Å². The van der Waals surface area contributed by atoms with Crippen molar-refractivity contribution in [1.29, 1.82) is 0 Å². The highest BCUT2D eigenvalue weighted by Crippen LogP contribution is 2.30. The third kappa shape index (κ3) is 3.59. The first-order valence-corrected chi connectivity index (χ1v) is 7.92. The topological polar surface area (TPSA) is 20.3 Å². The Hall–Kier alpha value is -0.830. The molecule has 0 unspecified atom stereocenters. The lowest BCUT2D eigenvalue weighted by Gasteiger charge is -2.30. The molecule has 0 amide bonds. The lowest BCUT2D eigenvalue weighted by atomic mass is 10.0. The fourth-order valence-corrected chi connectivity index (χ4v) is 3.30. The Morgan fingerprint density at radius 2 is 1.84 bits per heavy atom. The van der Waals surface area contributed by atoms with E-state index < -0.39 is 0 Å². The van der Waals surface area contributed by atoms with Crippen LogP contribution in [0.2, 0.25) is 0 Å². The molecular formula is C16H22BrNO. The number of benzene rings is 1. The maximum Gasteiger partial charge on any atom is 0.161 e. The van der Waals surface area contributed by atoms with Crippen LogP contribution in [0.1, 0.15) is 55.8 Å². The number of hydrogen-bond donors (Lipinski definition) is 0. The predicted molar refractivity (Wildman–Crippen MR) is 84.0 cm³/mol. The molecule has 0 aromatic heterocycles. The molecule has 2 rings (SSSR count). The predicted octanol–water partition coefficient (Wildman–Crippen LogP) is 4.81. The van der Waals surface area contributed by atoms with Crippen molar-refractivity contribution in [1.82, 2.24) is 0 Å². The molecule has 1 aliphatic carbocycles. The van der Waals surface area contributed by atoms with Gasteiger partial charge in [0.15, 0.2) is 5.78 Å². The Bertz CT molecular complexity index is 450. The molecule has 0 saturated heterocycles. The molecule has 1 saturated carbocycles. The largest absolute Gasteiger partial charge is 0.371 e. The van der Waals surface area contributed by atoms with Crippen LogP contribution < -0.4 is 4.90 Å². The van der Waals surface area contributed by atoms with Crippen LogP contribution >= 0.6 is 15.9 Å². The molecule has 0 atom stereocenters. The summed E-state index contributed by atoms with van der Waals surface area (Å²) in [6, 6.07) is 6.59. The molecule has 2 nitrogen and oxygen atoms in total. The molecule has 1 aliphatic rings. The Morgan fingerprint density at radius 3 is 2.42 bits per heavy atom. The van der Waals surface area contributed by atoms with E-state index in [0.29, 0.717) is 6.04 Å². The van der Waals surface area contributed by atoms with Gasteiger partial charge in [-0.15, -0.1) is 0 Å². The van der Waals surface area contributed by atoms with Crippen LogP contribution in [0.3, 0.4) is 0 Å². The maximum absolute atomic E-state index is 11.8. The van der Waals surface area contributed by atoms with E-state index in [0.717, 1.165) is 15.7 Å². The molecule has 0 heterocycles. The number of rotatable bonds is 3. The summed E-state index contributed by atoms with van der Waals surface area (Å²) < 4.78 is 0.968. The number of ketones is 1. The summed E-state index contributed by atoms with van der Waals surface area (Å²) in [5.41, 5.74) is 1.89. The normalized spacial score (nSPS) is 17.0.